The highest BCUT2D eigenvalue weighted by Crippen LogP contribution is 2.14. The van der Waals surface area contributed by atoms with E-state index in [0.29, 0.717) is 19.8 Å². The van der Waals surface area contributed by atoms with Crippen molar-refractivity contribution in [3.8, 4) is 0 Å². The highest BCUT2D eigenvalue weighted by atomic mass is 32.1. The molecule has 0 aromatic carbocycles. The average Bonchev–Trinajstić information content (AvgIpc) is 2.79. The summed E-state index contributed by atoms with van der Waals surface area (Å²) in [6.45, 7) is 7.87. The van der Waals surface area contributed by atoms with Gasteiger partial charge in [0.25, 0.3) is 0 Å². The van der Waals surface area contributed by atoms with Crippen molar-refractivity contribution in [2.75, 3.05) is 40.3 Å². The molecule has 2 N–H and O–H groups in total. The van der Waals surface area contributed by atoms with Crippen LogP contribution in [-0.2, 0) is 11.3 Å². The summed E-state index contributed by atoms with van der Waals surface area (Å²) in [5.74, 6) is 0. The second-order valence-electron chi connectivity index (χ2n) is 6.28. The summed E-state index contributed by atoms with van der Waals surface area (Å²) in [4.78, 5) is 3.37. The second-order valence-corrected chi connectivity index (χ2v) is 7.31. The molecule has 5 heteroatoms. The van der Waals surface area contributed by atoms with Crippen molar-refractivity contribution in [1.29, 1.82) is 0 Å². The Bertz CT molecular complexity index is 353. The van der Waals surface area contributed by atoms with Crippen LogP contribution in [0.15, 0.2) is 17.5 Å². The molecule has 1 aromatic rings. The standard InChI is InChI=1S/C15H28N2O2S/c1-15(2,12-17(3)4)11-16-8-13(18)9-19-10-14-6-5-7-20-14/h5-7,13,16,18H,8-12H2,1-4H3. The van der Waals surface area contributed by atoms with Crippen molar-refractivity contribution in [2.24, 2.45) is 5.41 Å². The molecule has 1 heterocycles. The van der Waals surface area contributed by atoms with Crippen molar-refractivity contribution < 1.29 is 9.84 Å². The number of nitrogens with zero attached hydrogens (tertiary/aromatic N) is 1. The van der Waals surface area contributed by atoms with Crippen LogP contribution in [0.4, 0.5) is 0 Å². The molecule has 116 valence electrons. The van der Waals surface area contributed by atoms with Crippen LogP contribution in [0.1, 0.15) is 18.7 Å². The maximum atomic E-state index is 9.86. The summed E-state index contributed by atoms with van der Waals surface area (Å²) in [7, 11) is 4.16. The van der Waals surface area contributed by atoms with Crippen LogP contribution in [0.5, 0.6) is 0 Å². The van der Waals surface area contributed by atoms with Gasteiger partial charge >= 0.3 is 0 Å². The Kier molecular flexibility index (Phi) is 7.69. The van der Waals surface area contributed by atoms with Gasteiger partial charge < -0.3 is 20.1 Å². The number of rotatable bonds is 10. The fraction of sp³-hybridized carbons (Fsp3) is 0.733. The van der Waals surface area contributed by atoms with E-state index in [4.69, 9.17) is 4.74 Å². The topological polar surface area (TPSA) is 44.7 Å². The van der Waals surface area contributed by atoms with Crippen LogP contribution in [0, 0.1) is 5.41 Å². The van der Waals surface area contributed by atoms with Crippen LogP contribution in [-0.4, -0.2) is 56.4 Å². The Labute approximate surface area is 126 Å². The molecule has 0 saturated heterocycles. The third-order valence-corrected chi connectivity index (χ3v) is 3.71. The smallest absolute Gasteiger partial charge is 0.0897 e. The van der Waals surface area contributed by atoms with E-state index in [1.807, 2.05) is 17.5 Å². The molecule has 0 aliphatic rings. The highest BCUT2D eigenvalue weighted by molar-refractivity contribution is 7.09. The summed E-state index contributed by atoms with van der Waals surface area (Å²) in [6.07, 6.45) is -0.454. The number of thiophene rings is 1. The molecular formula is C15H28N2O2S. The van der Waals surface area contributed by atoms with Gasteiger partial charge in [0.05, 0.1) is 19.3 Å². The lowest BCUT2D eigenvalue weighted by Gasteiger charge is -2.29. The molecule has 0 amide bonds. The molecule has 4 nitrogen and oxygen atoms in total. The Morgan fingerprint density at radius 3 is 2.80 bits per heavy atom. The monoisotopic (exact) mass is 300 g/mol. The van der Waals surface area contributed by atoms with E-state index in [0.717, 1.165) is 13.1 Å². The van der Waals surface area contributed by atoms with Gasteiger partial charge in [-0.25, -0.2) is 0 Å². The second kappa shape index (κ2) is 8.74. The maximum Gasteiger partial charge on any atom is 0.0897 e. The Balaban J connectivity index is 2.09. The molecule has 0 fully saturated rings. The Morgan fingerprint density at radius 2 is 2.20 bits per heavy atom. The quantitative estimate of drug-likeness (QED) is 0.692. The van der Waals surface area contributed by atoms with E-state index in [-0.39, 0.29) is 5.41 Å². The lowest BCUT2D eigenvalue weighted by molar-refractivity contribution is 0.0286. The van der Waals surface area contributed by atoms with Crippen molar-refractivity contribution in [2.45, 2.75) is 26.6 Å². The normalized spacial score (nSPS) is 13.9. The van der Waals surface area contributed by atoms with Gasteiger partial charge in [-0.1, -0.05) is 19.9 Å². The minimum atomic E-state index is -0.454. The van der Waals surface area contributed by atoms with Gasteiger partial charge in [-0.05, 0) is 31.0 Å². The first-order valence-corrected chi connectivity index (χ1v) is 7.91. The first-order chi connectivity index (χ1) is 9.39. The fourth-order valence-electron chi connectivity index (χ4n) is 2.24. The summed E-state index contributed by atoms with van der Waals surface area (Å²) in [6, 6.07) is 4.05. The minimum absolute atomic E-state index is 0.195. The van der Waals surface area contributed by atoms with Gasteiger partial charge in [0.15, 0.2) is 0 Å². The molecule has 1 atom stereocenters. The first kappa shape index (κ1) is 17.6. The summed E-state index contributed by atoms with van der Waals surface area (Å²) < 4.78 is 5.50. The summed E-state index contributed by atoms with van der Waals surface area (Å²) >= 11 is 1.67. The van der Waals surface area contributed by atoms with Gasteiger partial charge in [-0.3, -0.25) is 0 Å². The van der Waals surface area contributed by atoms with E-state index in [2.05, 4.69) is 38.2 Å². The van der Waals surface area contributed by atoms with Crippen LogP contribution in [0.3, 0.4) is 0 Å². The number of hydrogen-bond acceptors (Lipinski definition) is 5. The summed E-state index contributed by atoms with van der Waals surface area (Å²) in [5.41, 5.74) is 0.195. The van der Waals surface area contributed by atoms with Gasteiger partial charge in [0, 0.05) is 24.5 Å². The van der Waals surface area contributed by atoms with Crippen molar-refractivity contribution in [3.63, 3.8) is 0 Å². The third kappa shape index (κ3) is 7.97. The first-order valence-electron chi connectivity index (χ1n) is 7.03. The highest BCUT2D eigenvalue weighted by Gasteiger charge is 2.18. The number of hydrogen-bond donors (Lipinski definition) is 2. The molecule has 0 saturated carbocycles. The molecule has 0 aliphatic heterocycles. The molecule has 0 spiro atoms. The van der Waals surface area contributed by atoms with Crippen molar-refractivity contribution in [3.05, 3.63) is 22.4 Å². The van der Waals surface area contributed by atoms with E-state index in [1.54, 1.807) is 11.3 Å². The van der Waals surface area contributed by atoms with E-state index in [1.165, 1.54) is 4.88 Å². The third-order valence-electron chi connectivity index (χ3n) is 2.86. The molecule has 1 aromatic heterocycles. The molecule has 1 rings (SSSR count). The number of aliphatic hydroxyl groups excluding tert-OH is 1. The SMILES string of the molecule is CN(C)CC(C)(C)CNCC(O)COCc1cccs1. The largest absolute Gasteiger partial charge is 0.389 e. The number of ether oxygens (including phenoxy) is 1. The Hall–Kier alpha value is -0.460. The van der Waals surface area contributed by atoms with E-state index >= 15 is 0 Å². The van der Waals surface area contributed by atoms with Gasteiger partial charge in [-0.2, -0.15) is 0 Å². The van der Waals surface area contributed by atoms with Crippen LogP contribution < -0.4 is 5.32 Å². The molecular weight excluding hydrogens is 272 g/mol. The minimum Gasteiger partial charge on any atom is -0.389 e. The lowest BCUT2D eigenvalue weighted by Crippen LogP contribution is -2.40. The molecule has 0 aliphatic carbocycles. The fourth-order valence-corrected chi connectivity index (χ4v) is 2.88. The predicted molar refractivity (Wildman–Crippen MR) is 85.2 cm³/mol. The van der Waals surface area contributed by atoms with Gasteiger partial charge in [0.1, 0.15) is 0 Å². The zero-order valence-corrected chi connectivity index (χ0v) is 13.9. The van der Waals surface area contributed by atoms with Gasteiger partial charge in [0.2, 0.25) is 0 Å². The lowest BCUT2D eigenvalue weighted by atomic mass is 9.93. The van der Waals surface area contributed by atoms with Gasteiger partial charge in [-0.15, -0.1) is 11.3 Å². The summed E-state index contributed by atoms with van der Waals surface area (Å²) in [5, 5.41) is 15.2. The maximum absolute atomic E-state index is 9.86. The zero-order chi connectivity index (χ0) is 15.0. The molecule has 0 bridgehead atoms. The van der Waals surface area contributed by atoms with E-state index in [9.17, 15) is 5.11 Å². The molecule has 0 radical (unpaired) electrons. The average molecular weight is 300 g/mol. The van der Waals surface area contributed by atoms with Crippen LogP contribution in [0.2, 0.25) is 0 Å². The van der Waals surface area contributed by atoms with Crippen LogP contribution >= 0.6 is 11.3 Å². The van der Waals surface area contributed by atoms with Crippen molar-refractivity contribution >= 4 is 11.3 Å². The number of aliphatic hydroxyl groups is 1. The Morgan fingerprint density at radius 1 is 1.45 bits per heavy atom. The predicted octanol–water partition coefficient (Wildman–Crippen LogP) is 1.80. The molecule has 20 heavy (non-hydrogen) atoms. The van der Waals surface area contributed by atoms with Crippen LogP contribution in [0.25, 0.3) is 0 Å². The van der Waals surface area contributed by atoms with E-state index < -0.39 is 6.10 Å². The van der Waals surface area contributed by atoms with Crippen molar-refractivity contribution in [1.82, 2.24) is 10.2 Å². The number of nitrogens with one attached hydrogen (secondary N) is 1. The molecule has 1 unspecified atom stereocenters. The zero-order valence-electron chi connectivity index (χ0n) is 13.1.